The lowest BCUT2D eigenvalue weighted by Gasteiger charge is -2.16. The zero-order valence-electron chi connectivity index (χ0n) is 12.8. The molecule has 2 rings (SSSR count). The number of nitrogens with zero attached hydrogens (tertiary/aromatic N) is 1. The van der Waals surface area contributed by atoms with Crippen molar-refractivity contribution in [1.29, 1.82) is 0 Å². The largest absolute Gasteiger partial charge is 0.383 e. The van der Waals surface area contributed by atoms with Gasteiger partial charge in [0.15, 0.2) is 0 Å². The van der Waals surface area contributed by atoms with Crippen molar-refractivity contribution in [3.8, 4) is 0 Å². The van der Waals surface area contributed by atoms with Crippen LogP contribution in [0.15, 0.2) is 0 Å². The maximum Gasteiger partial charge on any atom is 0.220 e. The average molecular weight is 342 g/mol. The Morgan fingerprint density at radius 3 is 2.86 bits per heavy atom. The molecule has 2 saturated heterocycles. The number of hydrogen-bond donors (Lipinski definition) is 2. The molecule has 2 atom stereocenters. The summed E-state index contributed by atoms with van der Waals surface area (Å²) in [5, 5.41) is 6.51. The Morgan fingerprint density at radius 1 is 1.38 bits per heavy atom. The molecule has 126 valence electrons. The lowest BCUT2D eigenvalue weighted by molar-refractivity contribution is -0.122. The second kappa shape index (κ2) is 11.5. The van der Waals surface area contributed by atoms with Gasteiger partial charge in [-0.25, -0.2) is 0 Å². The maximum absolute atomic E-state index is 11.9. The molecule has 0 aliphatic carbocycles. The van der Waals surface area contributed by atoms with Crippen molar-refractivity contribution in [3.63, 3.8) is 0 Å². The van der Waals surface area contributed by atoms with Gasteiger partial charge in [-0.05, 0) is 38.3 Å². The molecule has 2 unspecified atom stereocenters. The first-order valence-electron chi connectivity index (χ1n) is 7.49. The smallest absolute Gasteiger partial charge is 0.220 e. The van der Waals surface area contributed by atoms with Crippen LogP contribution in [0.4, 0.5) is 0 Å². The van der Waals surface area contributed by atoms with Crippen LogP contribution in [-0.4, -0.2) is 63.3 Å². The number of hydrogen-bond acceptors (Lipinski definition) is 4. The monoisotopic (exact) mass is 341 g/mol. The van der Waals surface area contributed by atoms with Crippen LogP contribution in [0.5, 0.6) is 0 Å². The van der Waals surface area contributed by atoms with E-state index in [1.54, 1.807) is 7.11 Å². The van der Waals surface area contributed by atoms with Gasteiger partial charge in [-0.1, -0.05) is 0 Å². The van der Waals surface area contributed by atoms with Gasteiger partial charge >= 0.3 is 0 Å². The molecule has 0 aromatic rings. The summed E-state index contributed by atoms with van der Waals surface area (Å²) >= 11 is 0. The molecule has 2 heterocycles. The van der Waals surface area contributed by atoms with Crippen LogP contribution in [0, 0.1) is 5.92 Å². The number of halogens is 2. The number of rotatable bonds is 7. The highest BCUT2D eigenvalue weighted by Gasteiger charge is 2.23. The van der Waals surface area contributed by atoms with E-state index in [4.69, 9.17) is 4.74 Å². The Hall–Kier alpha value is -0.0700. The first kappa shape index (κ1) is 20.9. The molecule has 21 heavy (non-hydrogen) atoms. The number of carbonyl (C=O) groups excluding carboxylic acids is 1. The molecular formula is C14H29Cl2N3O2. The highest BCUT2D eigenvalue weighted by atomic mass is 35.5. The van der Waals surface area contributed by atoms with E-state index in [2.05, 4.69) is 15.5 Å². The van der Waals surface area contributed by atoms with Gasteiger partial charge in [-0.2, -0.15) is 0 Å². The van der Waals surface area contributed by atoms with E-state index in [9.17, 15) is 4.79 Å². The van der Waals surface area contributed by atoms with E-state index in [0.717, 1.165) is 52.2 Å². The topological polar surface area (TPSA) is 53.6 Å². The van der Waals surface area contributed by atoms with Gasteiger partial charge in [0.1, 0.15) is 0 Å². The zero-order valence-corrected chi connectivity index (χ0v) is 14.4. The van der Waals surface area contributed by atoms with Crippen molar-refractivity contribution in [2.75, 3.05) is 46.4 Å². The quantitative estimate of drug-likeness (QED) is 0.726. The minimum Gasteiger partial charge on any atom is -0.383 e. The normalized spacial score (nSPS) is 25.2. The maximum atomic E-state index is 11.9. The molecule has 2 fully saturated rings. The van der Waals surface area contributed by atoms with Gasteiger partial charge in [0.25, 0.3) is 0 Å². The molecule has 5 nitrogen and oxygen atoms in total. The fourth-order valence-electron chi connectivity index (χ4n) is 2.97. The van der Waals surface area contributed by atoms with E-state index in [-0.39, 0.29) is 30.7 Å². The van der Waals surface area contributed by atoms with Gasteiger partial charge in [0.2, 0.25) is 5.91 Å². The summed E-state index contributed by atoms with van der Waals surface area (Å²) in [6.07, 6.45) is 4.00. The molecule has 0 bridgehead atoms. The summed E-state index contributed by atoms with van der Waals surface area (Å²) in [6, 6.07) is 0.339. The predicted molar refractivity (Wildman–Crippen MR) is 89.6 cm³/mol. The Bertz CT molecular complexity index is 289. The first-order chi connectivity index (χ1) is 9.28. The van der Waals surface area contributed by atoms with Crippen LogP contribution in [0.25, 0.3) is 0 Å². The number of carbonyl (C=O) groups is 1. The van der Waals surface area contributed by atoms with Crippen LogP contribution < -0.4 is 10.6 Å². The van der Waals surface area contributed by atoms with E-state index in [1.807, 2.05) is 0 Å². The van der Waals surface area contributed by atoms with Crippen molar-refractivity contribution >= 4 is 30.7 Å². The van der Waals surface area contributed by atoms with Crippen molar-refractivity contribution in [2.24, 2.45) is 5.92 Å². The molecule has 0 radical (unpaired) electrons. The minimum absolute atomic E-state index is 0. The molecule has 2 aliphatic rings. The van der Waals surface area contributed by atoms with Crippen molar-refractivity contribution in [3.05, 3.63) is 0 Å². The molecule has 2 N–H and O–H groups in total. The third-order valence-electron chi connectivity index (χ3n) is 4.19. The Balaban J connectivity index is 0.00000200. The molecule has 0 saturated carbocycles. The van der Waals surface area contributed by atoms with Gasteiger partial charge in [0.05, 0.1) is 6.61 Å². The Morgan fingerprint density at radius 2 is 2.19 bits per heavy atom. The predicted octanol–water partition coefficient (Wildman–Crippen LogP) is 1.06. The van der Waals surface area contributed by atoms with Gasteiger partial charge in [0, 0.05) is 39.2 Å². The van der Waals surface area contributed by atoms with E-state index in [0.29, 0.717) is 18.4 Å². The molecule has 1 amide bonds. The van der Waals surface area contributed by atoms with Crippen LogP contribution in [-0.2, 0) is 9.53 Å². The van der Waals surface area contributed by atoms with Crippen LogP contribution >= 0.6 is 24.8 Å². The van der Waals surface area contributed by atoms with Crippen LogP contribution in [0.3, 0.4) is 0 Å². The van der Waals surface area contributed by atoms with Crippen LogP contribution in [0.2, 0.25) is 0 Å². The second-order valence-corrected chi connectivity index (χ2v) is 5.74. The third-order valence-corrected chi connectivity index (χ3v) is 4.19. The van der Waals surface area contributed by atoms with E-state index >= 15 is 0 Å². The fourth-order valence-corrected chi connectivity index (χ4v) is 2.97. The van der Waals surface area contributed by atoms with Gasteiger partial charge < -0.3 is 15.4 Å². The first-order valence-corrected chi connectivity index (χ1v) is 7.49. The molecule has 0 spiro atoms. The number of methoxy groups -OCH3 is 1. The summed E-state index contributed by atoms with van der Waals surface area (Å²) in [4.78, 5) is 14.3. The Labute approximate surface area is 140 Å². The third kappa shape index (κ3) is 7.66. The highest BCUT2D eigenvalue weighted by molar-refractivity contribution is 5.85. The summed E-state index contributed by atoms with van der Waals surface area (Å²) in [5.41, 5.74) is 0. The van der Waals surface area contributed by atoms with Crippen LogP contribution in [0.1, 0.15) is 25.7 Å². The number of ether oxygens (including phenoxy) is 1. The average Bonchev–Trinajstić information content (AvgIpc) is 3.05. The fraction of sp³-hybridized carbons (Fsp3) is 0.929. The molecular weight excluding hydrogens is 313 g/mol. The summed E-state index contributed by atoms with van der Waals surface area (Å²) in [7, 11) is 1.73. The number of nitrogens with one attached hydrogen (secondary N) is 2. The van der Waals surface area contributed by atoms with Crippen molar-refractivity contribution in [1.82, 2.24) is 15.5 Å². The second-order valence-electron chi connectivity index (χ2n) is 5.74. The highest BCUT2D eigenvalue weighted by Crippen LogP contribution is 2.15. The molecule has 7 heteroatoms. The van der Waals surface area contributed by atoms with E-state index < -0.39 is 0 Å². The van der Waals surface area contributed by atoms with Gasteiger partial charge in [-0.3, -0.25) is 9.69 Å². The summed E-state index contributed by atoms with van der Waals surface area (Å²) in [6.45, 7) is 5.98. The summed E-state index contributed by atoms with van der Waals surface area (Å²) in [5.74, 6) is 0.929. The molecule has 0 aromatic heterocycles. The molecule has 0 aromatic carbocycles. The number of likely N-dealkylation sites (tertiary alicyclic amines) is 1. The van der Waals surface area contributed by atoms with Crippen molar-refractivity contribution in [2.45, 2.75) is 31.7 Å². The molecule has 2 aliphatic heterocycles. The zero-order chi connectivity index (χ0) is 13.5. The number of amides is 1. The van der Waals surface area contributed by atoms with Crippen molar-refractivity contribution < 1.29 is 9.53 Å². The SMILES string of the molecule is COCCN1CCC(NC(=O)CCC2CCNC2)C1.Cl.Cl. The van der Waals surface area contributed by atoms with E-state index in [1.165, 1.54) is 6.42 Å². The minimum atomic E-state index is 0. The Kier molecular flexibility index (Phi) is 11.5. The standard InChI is InChI=1S/C14H27N3O2.2ClH/c1-19-9-8-17-7-5-13(11-17)16-14(18)3-2-12-4-6-15-10-12;;/h12-13,15H,2-11H2,1H3,(H,16,18);2*1H. The lowest BCUT2D eigenvalue weighted by Crippen LogP contribution is -2.37. The summed E-state index contributed by atoms with van der Waals surface area (Å²) < 4.78 is 5.08. The lowest BCUT2D eigenvalue weighted by atomic mass is 10.0. The van der Waals surface area contributed by atoms with Gasteiger partial charge in [-0.15, -0.1) is 24.8 Å².